The average molecular weight is 320 g/mol. The van der Waals surface area contributed by atoms with E-state index in [0.29, 0.717) is 23.6 Å². The second-order valence-corrected chi connectivity index (χ2v) is 4.51. The minimum atomic E-state index is -0.526. The summed E-state index contributed by atoms with van der Waals surface area (Å²) in [6, 6.07) is 5.04. The van der Waals surface area contributed by atoms with Crippen LogP contribution in [0.25, 0.3) is 0 Å². The van der Waals surface area contributed by atoms with Crippen molar-refractivity contribution in [2.45, 2.75) is 6.54 Å². The van der Waals surface area contributed by atoms with Crippen molar-refractivity contribution in [3.8, 4) is 11.5 Å². The third-order valence-corrected chi connectivity index (χ3v) is 3.11. The fraction of sp³-hybridized carbons (Fsp3) is 0.286. The molecule has 1 amide bonds. The molecule has 122 valence electrons. The van der Waals surface area contributed by atoms with Gasteiger partial charge in [-0.1, -0.05) is 6.07 Å². The molecule has 2 rings (SSSR count). The van der Waals surface area contributed by atoms with E-state index in [-0.39, 0.29) is 18.1 Å². The first kappa shape index (κ1) is 16.3. The van der Waals surface area contributed by atoms with Gasteiger partial charge in [-0.05, 0) is 12.1 Å². The van der Waals surface area contributed by atoms with Crippen LogP contribution in [0.15, 0.2) is 30.6 Å². The van der Waals surface area contributed by atoms with Gasteiger partial charge in [-0.15, -0.1) is 0 Å². The Morgan fingerprint density at radius 2 is 2.00 bits per heavy atom. The number of aromatic nitrogens is 2. The summed E-state index contributed by atoms with van der Waals surface area (Å²) in [5.74, 6) is 0.439. The lowest BCUT2D eigenvalue weighted by Crippen LogP contribution is -2.28. The monoisotopic (exact) mass is 320 g/mol. The molecule has 0 radical (unpaired) electrons. The molecule has 0 fully saturated rings. The van der Waals surface area contributed by atoms with E-state index in [4.69, 9.17) is 9.47 Å². The Labute approximate surface area is 132 Å². The van der Waals surface area contributed by atoms with Gasteiger partial charge in [0.05, 0.1) is 25.7 Å². The number of nitrogens with zero attached hydrogens (tertiary/aromatic N) is 3. The number of methoxy groups -OCH3 is 2. The van der Waals surface area contributed by atoms with Crippen LogP contribution in [0.5, 0.6) is 11.5 Å². The maximum absolute atomic E-state index is 12.3. The fourth-order valence-electron chi connectivity index (χ4n) is 2.02. The van der Waals surface area contributed by atoms with Gasteiger partial charge in [0.15, 0.2) is 0 Å². The van der Waals surface area contributed by atoms with Crippen LogP contribution < -0.4 is 14.8 Å². The van der Waals surface area contributed by atoms with Crippen molar-refractivity contribution in [1.82, 2.24) is 15.1 Å². The molecule has 2 aromatic rings. The lowest BCUT2D eigenvalue weighted by Gasteiger charge is -2.12. The SMILES string of the molecule is COc1cccc(OC)c1C(=O)NCCn1cc([N+](=O)[O-])cn1. The zero-order valence-corrected chi connectivity index (χ0v) is 12.7. The van der Waals surface area contributed by atoms with Crippen molar-refractivity contribution in [3.05, 3.63) is 46.3 Å². The number of nitrogens with one attached hydrogen (secondary N) is 1. The summed E-state index contributed by atoms with van der Waals surface area (Å²) in [7, 11) is 2.93. The Balaban J connectivity index is 2.01. The number of hydrogen-bond acceptors (Lipinski definition) is 6. The first-order valence-electron chi connectivity index (χ1n) is 6.73. The Morgan fingerprint density at radius 1 is 1.35 bits per heavy atom. The molecule has 0 saturated carbocycles. The summed E-state index contributed by atoms with van der Waals surface area (Å²) in [6.07, 6.45) is 2.46. The van der Waals surface area contributed by atoms with E-state index in [0.717, 1.165) is 6.20 Å². The van der Waals surface area contributed by atoms with Crippen molar-refractivity contribution >= 4 is 11.6 Å². The standard InChI is InChI=1S/C14H16N4O5/c1-22-11-4-3-5-12(23-2)13(11)14(19)15-6-7-17-9-10(8-16-17)18(20)21/h3-5,8-9H,6-7H2,1-2H3,(H,15,19). The highest BCUT2D eigenvalue weighted by molar-refractivity contribution is 5.99. The molecule has 0 aliphatic carbocycles. The van der Waals surface area contributed by atoms with Gasteiger partial charge in [-0.3, -0.25) is 19.6 Å². The van der Waals surface area contributed by atoms with E-state index >= 15 is 0 Å². The van der Waals surface area contributed by atoms with Crippen LogP contribution in [0, 0.1) is 10.1 Å². The smallest absolute Gasteiger partial charge is 0.306 e. The van der Waals surface area contributed by atoms with Gasteiger partial charge in [0, 0.05) is 6.54 Å². The van der Waals surface area contributed by atoms with Crippen LogP contribution in [0.2, 0.25) is 0 Å². The van der Waals surface area contributed by atoms with Gasteiger partial charge in [-0.2, -0.15) is 5.10 Å². The minimum absolute atomic E-state index is 0.0947. The molecule has 0 saturated heterocycles. The maximum Gasteiger partial charge on any atom is 0.306 e. The summed E-state index contributed by atoms with van der Waals surface area (Å²) >= 11 is 0. The zero-order chi connectivity index (χ0) is 16.8. The number of amides is 1. The third kappa shape index (κ3) is 3.76. The van der Waals surface area contributed by atoms with E-state index < -0.39 is 4.92 Å². The molecule has 0 unspecified atom stereocenters. The van der Waals surface area contributed by atoms with Crippen molar-refractivity contribution in [2.24, 2.45) is 0 Å². The number of rotatable bonds is 7. The van der Waals surface area contributed by atoms with Gasteiger partial charge in [0.2, 0.25) is 0 Å². The number of carbonyl (C=O) groups excluding carboxylic acids is 1. The zero-order valence-electron chi connectivity index (χ0n) is 12.7. The van der Waals surface area contributed by atoms with Crippen LogP contribution >= 0.6 is 0 Å². The summed E-state index contributed by atoms with van der Waals surface area (Å²) in [5.41, 5.74) is 0.201. The Kier molecular flexibility index (Phi) is 5.13. The summed E-state index contributed by atoms with van der Waals surface area (Å²) in [5, 5.41) is 17.1. The van der Waals surface area contributed by atoms with Gasteiger partial charge >= 0.3 is 5.69 Å². The van der Waals surface area contributed by atoms with Gasteiger partial charge in [-0.25, -0.2) is 0 Å². The van der Waals surface area contributed by atoms with E-state index in [1.807, 2.05) is 0 Å². The van der Waals surface area contributed by atoms with Crippen LogP contribution in [0.3, 0.4) is 0 Å². The molecule has 0 aliphatic rings. The second kappa shape index (κ2) is 7.25. The quantitative estimate of drug-likeness (QED) is 0.607. The van der Waals surface area contributed by atoms with E-state index in [9.17, 15) is 14.9 Å². The Bertz CT molecular complexity index is 691. The summed E-state index contributed by atoms with van der Waals surface area (Å²) in [6.45, 7) is 0.552. The molecule has 1 N–H and O–H groups in total. The number of hydrogen-bond donors (Lipinski definition) is 1. The molecule has 0 atom stereocenters. The van der Waals surface area contributed by atoms with Crippen LogP contribution in [-0.4, -0.2) is 41.4 Å². The number of carbonyl (C=O) groups is 1. The van der Waals surface area contributed by atoms with E-state index in [1.165, 1.54) is 25.1 Å². The molecule has 1 aromatic carbocycles. The van der Waals surface area contributed by atoms with E-state index in [1.54, 1.807) is 18.2 Å². The lowest BCUT2D eigenvalue weighted by molar-refractivity contribution is -0.385. The van der Waals surface area contributed by atoms with Crippen molar-refractivity contribution in [3.63, 3.8) is 0 Å². The van der Waals surface area contributed by atoms with Crippen molar-refractivity contribution in [2.75, 3.05) is 20.8 Å². The summed E-state index contributed by atoms with van der Waals surface area (Å²) < 4.78 is 11.7. The first-order valence-corrected chi connectivity index (χ1v) is 6.73. The molecule has 0 spiro atoms. The predicted molar refractivity (Wildman–Crippen MR) is 80.8 cm³/mol. The molecular formula is C14H16N4O5. The van der Waals surface area contributed by atoms with Gasteiger partial charge < -0.3 is 14.8 Å². The van der Waals surface area contributed by atoms with Crippen LogP contribution in [-0.2, 0) is 6.54 Å². The topological polar surface area (TPSA) is 109 Å². The summed E-state index contributed by atoms with van der Waals surface area (Å²) in [4.78, 5) is 22.3. The normalized spacial score (nSPS) is 10.2. The predicted octanol–water partition coefficient (Wildman–Crippen LogP) is 1.24. The first-order chi connectivity index (χ1) is 11.1. The lowest BCUT2D eigenvalue weighted by atomic mass is 10.1. The number of ether oxygens (including phenoxy) is 2. The maximum atomic E-state index is 12.3. The molecule has 9 nitrogen and oxygen atoms in total. The molecule has 1 aromatic heterocycles. The number of benzene rings is 1. The highest BCUT2D eigenvalue weighted by atomic mass is 16.6. The molecule has 0 bridgehead atoms. The van der Waals surface area contributed by atoms with E-state index in [2.05, 4.69) is 10.4 Å². The number of nitro groups is 1. The van der Waals surface area contributed by atoms with Crippen molar-refractivity contribution in [1.29, 1.82) is 0 Å². The van der Waals surface area contributed by atoms with Gasteiger partial charge in [0.1, 0.15) is 29.5 Å². The largest absolute Gasteiger partial charge is 0.496 e. The highest BCUT2D eigenvalue weighted by Crippen LogP contribution is 2.27. The molecule has 1 heterocycles. The molecule has 0 aliphatic heterocycles. The third-order valence-electron chi connectivity index (χ3n) is 3.11. The highest BCUT2D eigenvalue weighted by Gasteiger charge is 2.17. The minimum Gasteiger partial charge on any atom is -0.496 e. The molecular weight excluding hydrogens is 304 g/mol. The van der Waals surface area contributed by atoms with Crippen molar-refractivity contribution < 1.29 is 19.2 Å². The Hall–Kier alpha value is -3.10. The van der Waals surface area contributed by atoms with Crippen LogP contribution in [0.1, 0.15) is 10.4 Å². The van der Waals surface area contributed by atoms with Gasteiger partial charge in [0.25, 0.3) is 5.91 Å². The molecule has 23 heavy (non-hydrogen) atoms. The second-order valence-electron chi connectivity index (χ2n) is 4.51. The fourth-order valence-corrected chi connectivity index (χ4v) is 2.02. The molecule has 9 heteroatoms. The van der Waals surface area contributed by atoms with Crippen LogP contribution in [0.4, 0.5) is 5.69 Å². The average Bonchev–Trinajstić information content (AvgIpc) is 3.03. The Morgan fingerprint density at radius 3 is 2.52 bits per heavy atom.